The fourth-order valence-electron chi connectivity index (χ4n) is 2.28. The van der Waals surface area contributed by atoms with Crippen LogP contribution in [0.2, 0.25) is 0 Å². The van der Waals surface area contributed by atoms with E-state index in [4.69, 9.17) is 0 Å². The molecule has 1 aliphatic rings. The maximum Gasteiger partial charge on any atom is 0.237 e. The van der Waals surface area contributed by atoms with Gasteiger partial charge in [-0.3, -0.25) is 9.59 Å². The third-order valence-electron chi connectivity index (χ3n) is 3.38. The first-order chi connectivity index (χ1) is 9.58. The lowest BCUT2D eigenvalue weighted by molar-refractivity contribution is -0.130. The van der Waals surface area contributed by atoms with Gasteiger partial charge in [0.15, 0.2) is 12.1 Å². The molecule has 9 heteroatoms. The molecule has 0 radical (unpaired) electrons. The molecule has 0 saturated carbocycles. The number of amides is 1. The van der Waals surface area contributed by atoms with Gasteiger partial charge in [-0.15, -0.1) is 22.6 Å². The minimum Gasteiger partial charge on any atom is -0.345 e. The summed E-state index contributed by atoms with van der Waals surface area (Å²) < 4.78 is 0. The van der Waals surface area contributed by atoms with Gasteiger partial charge in [-0.25, -0.2) is 0 Å². The first-order valence-electron chi connectivity index (χ1n) is 6.85. The van der Waals surface area contributed by atoms with E-state index in [1.165, 1.54) is 11.1 Å². The van der Waals surface area contributed by atoms with E-state index in [1.807, 2.05) is 13.8 Å². The molecule has 21 heavy (non-hydrogen) atoms. The second-order valence-corrected chi connectivity index (χ2v) is 5.31. The molecular weight excluding hydrogens is 296 g/mol. The summed E-state index contributed by atoms with van der Waals surface area (Å²) in [7, 11) is 0. The third-order valence-corrected chi connectivity index (χ3v) is 3.38. The van der Waals surface area contributed by atoms with Crippen molar-refractivity contribution in [3.63, 3.8) is 0 Å². The van der Waals surface area contributed by atoms with Gasteiger partial charge in [0, 0.05) is 0 Å². The molecule has 8 nitrogen and oxygen atoms in total. The number of hydrogen-bond donors (Lipinski definition) is 2. The van der Waals surface area contributed by atoms with Gasteiger partial charge in [-0.2, -0.15) is 4.80 Å². The SMILES string of the molecule is CC(C)C(NC(=O)C1CCCN1)C(=O)Cn1ncnn1.Cl. The molecule has 1 aromatic heterocycles. The van der Waals surface area contributed by atoms with E-state index in [0.717, 1.165) is 19.4 Å². The molecule has 0 bridgehead atoms. The van der Waals surface area contributed by atoms with E-state index in [-0.39, 0.29) is 42.6 Å². The highest BCUT2D eigenvalue weighted by Gasteiger charge is 2.29. The molecule has 2 heterocycles. The van der Waals surface area contributed by atoms with Crippen LogP contribution in [0.5, 0.6) is 0 Å². The second-order valence-electron chi connectivity index (χ2n) is 5.31. The van der Waals surface area contributed by atoms with Gasteiger partial charge in [-0.05, 0) is 30.5 Å². The highest BCUT2D eigenvalue weighted by Crippen LogP contribution is 2.08. The van der Waals surface area contributed by atoms with Crippen molar-refractivity contribution >= 4 is 24.1 Å². The molecule has 1 fully saturated rings. The predicted molar refractivity (Wildman–Crippen MR) is 77.9 cm³/mol. The van der Waals surface area contributed by atoms with E-state index in [9.17, 15) is 9.59 Å². The van der Waals surface area contributed by atoms with E-state index in [2.05, 4.69) is 26.0 Å². The fourth-order valence-corrected chi connectivity index (χ4v) is 2.28. The third kappa shape index (κ3) is 4.75. The molecule has 1 amide bonds. The molecule has 1 saturated heterocycles. The van der Waals surface area contributed by atoms with E-state index in [1.54, 1.807) is 0 Å². The topological polar surface area (TPSA) is 102 Å². The molecule has 1 aromatic rings. The van der Waals surface area contributed by atoms with Crippen molar-refractivity contribution in [2.45, 2.75) is 45.3 Å². The Morgan fingerprint density at radius 2 is 2.24 bits per heavy atom. The second kappa shape index (κ2) is 8.04. The van der Waals surface area contributed by atoms with Crippen molar-refractivity contribution in [2.75, 3.05) is 6.54 Å². The standard InChI is InChI=1S/C12H20N6O2.ClH/c1-8(2)11(10(19)6-18-15-7-14-17-18)16-12(20)9-4-3-5-13-9;/h7-9,11,13H,3-6H2,1-2H3,(H,16,20);1H. The van der Waals surface area contributed by atoms with Gasteiger partial charge in [-0.1, -0.05) is 13.8 Å². The molecule has 2 rings (SSSR count). The zero-order valence-electron chi connectivity index (χ0n) is 12.2. The number of hydrogen-bond acceptors (Lipinski definition) is 6. The van der Waals surface area contributed by atoms with Crippen LogP contribution in [0.4, 0.5) is 0 Å². The van der Waals surface area contributed by atoms with Crippen molar-refractivity contribution in [3.05, 3.63) is 6.33 Å². The quantitative estimate of drug-likeness (QED) is 0.737. The summed E-state index contributed by atoms with van der Waals surface area (Å²) in [6.07, 6.45) is 3.08. The van der Waals surface area contributed by atoms with E-state index in [0.29, 0.717) is 0 Å². The summed E-state index contributed by atoms with van der Waals surface area (Å²) in [5.74, 6) is -0.221. The number of nitrogens with one attached hydrogen (secondary N) is 2. The number of carbonyl (C=O) groups excluding carboxylic acids is 2. The summed E-state index contributed by atoms with van der Waals surface area (Å²) in [5, 5.41) is 17.0. The molecule has 0 spiro atoms. The minimum absolute atomic E-state index is 0. The maximum atomic E-state index is 12.2. The highest BCUT2D eigenvalue weighted by molar-refractivity contribution is 5.91. The Hall–Kier alpha value is -1.54. The van der Waals surface area contributed by atoms with Crippen LogP contribution in [0.15, 0.2) is 6.33 Å². The van der Waals surface area contributed by atoms with E-state index >= 15 is 0 Å². The lowest BCUT2D eigenvalue weighted by Gasteiger charge is -2.22. The van der Waals surface area contributed by atoms with E-state index < -0.39 is 6.04 Å². The van der Waals surface area contributed by atoms with Gasteiger partial charge < -0.3 is 10.6 Å². The average molecular weight is 317 g/mol. The van der Waals surface area contributed by atoms with Crippen LogP contribution in [-0.4, -0.2) is 50.5 Å². The number of halogens is 1. The Labute approximate surface area is 129 Å². The van der Waals surface area contributed by atoms with Gasteiger partial charge in [0.1, 0.15) is 6.54 Å². The number of ketones is 1. The largest absolute Gasteiger partial charge is 0.345 e. The first kappa shape index (κ1) is 17.5. The van der Waals surface area contributed by atoms with Crippen LogP contribution in [0, 0.1) is 5.92 Å². The summed E-state index contributed by atoms with van der Waals surface area (Å²) in [6, 6.07) is -0.718. The summed E-state index contributed by atoms with van der Waals surface area (Å²) in [6.45, 7) is 4.67. The average Bonchev–Trinajstić information content (AvgIpc) is 3.07. The monoisotopic (exact) mass is 316 g/mol. The maximum absolute atomic E-state index is 12.2. The summed E-state index contributed by atoms with van der Waals surface area (Å²) >= 11 is 0. The first-order valence-corrected chi connectivity index (χ1v) is 6.85. The zero-order chi connectivity index (χ0) is 14.5. The lowest BCUT2D eigenvalue weighted by Crippen LogP contribution is -2.51. The van der Waals surface area contributed by atoms with Crippen LogP contribution < -0.4 is 10.6 Å². The molecule has 118 valence electrons. The Bertz CT molecular complexity index is 458. The molecule has 1 aliphatic heterocycles. The fraction of sp³-hybridized carbons (Fsp3) is 0.750. The van der Waals surface area contributed by atoms with Crippen LogP contribution in [0.25, 0.3) is 0 Å². The normalized spacial score (nSPS) is 19.1. The van der Waals surface area contributed by atoms with Gasteiger partial charge in [0.05, 0.1) is 12.1 Å². The van der Waals surface area contributed by atoms with Crippen LogP contribution in [-0.2, 0) is 16.1 Å². The van der Waals surface area contributed by atoms with Crippen molar-refractivity contribution < 1.29 is 9.59 Å². The Kier molecular flexibility index (Phi) is 6.70. The Balaban J connectivity index is 0.00000220. The molecular formula is C12H21ClN6O2. The van der Waals surface area contributed by atoms with Crippen LogP contribution in [0.1, 0.15) is 26.7 Å². The minimum atomic E-state index is -0.532. The molecule has 2 unspecified atom stereocenters. The molecule has 2 N–H and O–H groups in total. The number of carbonyl (C=O) groups is 2. The van der Waals surface area contributed by atoms with Crippen LogP contribution in [0.3, 0.4) is 0 Å². The van der Waals surface area contributed by atoms with Gasteiger partial charge in [0.2, 0.25) is 5.91 Å². The number of tetrazole rings is 1. The Morgan fingerprint density at radius 3 is 2.76 bits per heavy atom. The van der Waals surface area contributed by atoms with Crippen molar-refractivity contribution in [2.24, 2.45) is 5.92 Å². The van der Waals surface area contributed by atoms with Crippen molar-refractivity contribution in [3.8, 4) is 0 Å². The number of nitrogens with zero attached hydrogens (tertiary/aromatic N) is 4. The van der Waals surface area contributed by atoms with Crippen molar-refractivity contribution in [1.29, 1.82) is 0 Å². The molecule has 0 aromatic carbocycles. The lowest BCUT2D eigenvalue weighted by atomic mass is 9.99. The Morgan fingerprint density at radius 1 is 1.48 bits per heavy atom. The summed E-state index contributed by atoms with van der Waals surface area (Å²) in [5.41, 5.74) is 0. The molecule has 2 atom stereocenters. The highest BCUT2D eigenvalue weighted by atomic mass is 35.5. The van der Waals surface area contributed by atoms with Gasteiger partial charge >= 0.3 is 0 Å². The van der Waals surface area contributed by atoms with Crippen molar-refractivity contribution in [1.82, 2.24) is 30.8 Å². The predicted octanol–water partition coefficient (Wildman–Crippen LogP) is -0.443. The number of aromatic nitrogens is 4. The number of rotatable bonds is 6. The van der Waals surface area contributed by atoms with Crippen LogP contribution >= 0.6 is 12.4 Å². The smallest absolute Gasteiger partial charge is 0.237 e. The molecule has 0 aliphatic carbocycles. The zero-order valence-corrected chi connectivity index (χ0v) is 13.0. The summed E-state index contributed by atoms with van der Waals surface area (Å²) in [4.78, 5) is 25.5. The van der Waals surface area contributed by atoms with Gasteiger partial charge in [0.25, 0.3) is 0 Å². The number of Topliss-reactive ketones (excluding diaryl/α,β-unsaturated/α-hetero) is 1.